The molecule has 1 unspecified atom stereocenters. The van der Waals surface area contributed by atoms with Crippen LogP contribution < -0.4 is 5.73 Å². The summed E-state index contributed by atoms with van der Waals surface area (Å²) in [7, 11) is 0. The normalized spacial score (nSPS) is 21.3. The van der Waals surface area contributed by atoms with E-state index in [1.54, 1.807) is 0 Å². The number of nitrogens with two attached hydrogens (primary N) is 1. The quantitative estimate of drug-likeness (QED) is 0.878. The smallest absolute Gasteiger partial charge is 0.0489 e. The van der Waals surface area contributed by atoms with E-state index in [9.17, 15) is 0 Å². The molecule has 4 heteroatoms. The fourth-order valence-corrected chi connectivity index (χ4v) is 2.99. The highest BCUT2D eigenvalue weighted by Gasteiger charge is 2.37. The summed E-state index contributed by atoms with van der Waals surface area (Å²) in [5.74, 6) is 0.916. The van der Waals surface area contributed by atoms with Crippen LogP contribution in [0.5, 0.6) is 0 Å². The van der Waals surface area contributed by atoms with Gasteiger partial charge in [0.2, 0.25) is 0 Å². The zero-order chi connectivity index (χ0) is 12.5. The zero-order valence-corrected chi connectivity index (χ0v) is 12.1. The molecule has 18 heavy (non-hydrogen) atoms. The van der Waals surface area contributed by atoms with Crippen LogP contribution in [0.1, 0.15) is 37.3 Å². The summed E-state index contributed by atoms with van der Waals surface area (Å²) in [4.78, 5) is 6.91. The maximum atomic E-state index is 6.03. The van der Waals surface area contributed by atoms with Gasteiger partial charge in [-0.25, -0.2) is 0 Å². The Morgan fingerprint density at radius 2 is 2.11 bits per heavy atom. The van der Waals surface area contributed by atoms with Crippen molar-refractivity contribution in [3.05, 3.63) is 28.5 Å². The Morgan fingerprint density at radius 3 is 2.67 bits per heavy atom. The SMILES string of the molecule is NCC(c1cncc(Br)c1)N(CC1CC1)C1CC1. The number of hydrogen-bond acceptors (Lipinski definition) is 3. The van der Waals surface area contributed by atoms with Gasteiger partial charge in [-0.2, -0.15) is 0 Å². The number of halogens is 1. The highest BCUT2D eigenvalue weighted by molar-refractivity contribution is 9.10. The zero-order valence-electron chi connectivity index (χ0n) is 10.6. The van der Waals surface area contributed by atoms with Gasteiger partial charge in [0, 0.05) is 42.0 Å². The average Bonchev–Trinajstić information content (AvgIpc) is 3.23. The predicted molar refractivity (Wildman–Crippen MR) is 76.2 cm³/mol. The second-order valence-electron chi connectivity index (χ2n) is 5.56. The lowest BCUT2D eigenvalue weighted by Crippen LogP contribution is -2.37. The molecule has 3 nitrogen and oxygen atoms in total. The average molecular weight is 310 g/mol. The Kier molecular flexibility index (Phi) is 3.68. The Balaban J connectivity index is 1.79. The molecule has 2 aliphatic rings. The molecule has 0 saturated heterocycles. The van der Waals surface area contributed by atoms with Crippen molar-refractivity contribution >= 4 is 15.9 Å². The van der Waals surface area contributed by atoms with Crippen LogP contribution in [-0.2, 0) is 0 Å². The fraction of sp³-hybridized carbons (Fsp3) is 0.643. The van der Waals surface area contributed by atoms with Crippen molar-refractivity contribution in [3.8, 4) is 0 Å². The van der Waals surface area contributed by atoms with Gasteiger partial charge in [-0.3, -0.25) is 9.88 Å². The third-order valence-corrected chi connectivity index (χ3v) is 4.35. The van der Waals surface area contributed by atoms with Gasteiger partial charge in [0.05, 0.1) is 0 Å². The molecule has 1 atom stereocenters. The molecular weight excluding hydrogens is 290 g/mol. The van der Waals surface area contributed by atoms with Crippen molar-refractivity contribution in [1.29, 1.82) is 0 Å². The number of hydrogen-bond donors (Lipinski definition) is 1. The maximum Gasteiger partial charge on any atom is 0.0489 e. The van der Waals surface area contributed by atoms with Crippen LogP contribution in [0.3, 0.4) is 0 Å². The summed E-state index contributed by atoms with van der Waals surface area (Å²) in [5.41, 5.74) is 7.28. The van der Waals surface area contributed by atoms with Crippen LogP contribution in [0.4, 0.5) is 0 Å². The lowest BCUT2D eigenvalue weighted by atomic mass is 10.1. The second-order valence-corrected chi connectivity index (χ2v) is 6.48. The highest BCUT2D eigenvalue weighted by Crippen LogP contribution is 2.39. The number of pyridine rings is 1. The molecule has 1 heterocycles. The van der Waals surface area contributed by atoms with E-state index in [0.29, 0.717) is 12.6 Å². The molecule has 2 aliphatic carbocycles. The van der Waals surface area contributed by atoms with Gasteiger partial charge >= 0.3 is 0 Å². The van der Waals surface area contributed by atoms with Gasteiger partial charge in [0.15, 0.2) is 0 Å². The molecule has 0 spiro atoms. The van der Waals surface area contributed by atoms with Gasteiger partial charge < -0.3 is 5.73 Å². The molecule has 0 aromatic carbocycles. The topological polar surface area (TPSA) is 42.1 Å². The minimum atomic E-state index is 0.336. The van der Waals surface area contributed by atoms with Crippen molar-refractivity contribution in [2.75, 3.05) is 13.1 Å². The second kappa shape index (κ2) is 5.27. The van der Waals surface area contributed by atoms with Crippen LogP contribution in [0.25, 0.3) is 0 Å². The molecule has 0 amide bonds. The van der Waals surface area contributed by atoms with Crippen LogP contribution in [0.2, 0.25) is 0 Å². The summed E-state index contributed by atoms with van der Waals surface area (Å²) in [6.07, 6.45) is 9.27. The molecule has 3 rings (SSSR count). The van der Waals surface area contributed by atoms with Crippen LogP contribution in [0, 0.1) is 5.92 Å². The molecule has 1 aromatic heterocycles. The first-order valence-corrected chi connectivity index (χ1v) is 7.63. The number of rotatable bonds is 6. The molecule has 0 radical (unpaired) electrons. The van der Waals surface area contributed by atoms with Gasteiger partial charge in [-0.15, -0.1) is 0 Å². The monoisotopic (exact) mass is 309 g/mol. The first-order chi connectivity index (χ1) is 8.78. The summed E-state index contributed by atoms with van der Waals surface area (Å²) < 4.78 is 1.04. The van der Waals surface area contributed by atoms with Gasteiger partial charge in [-0.05, 0) is 59.2 Å². The Morgan fingerprint density at radius 1 is 1.33 bits per heavy atom. The van der Waals surface area contributed by atoms with E-state index in [0.717, 1.165) is 16.4 Å². The van der Waals surface area contributed by atoms with E-state index in [1.807, 2.05) is 12.4 Å². The van der Waals surface area contributed by atoms with Crippen molar-refractivity contribution < 1.29 is 0 Å². The number of aromatic nitrogens is 1. The molecule has 0 aliphatic heterocycles. The summed E-state index contributed by atoms with van der Waals surface area (Å²) in [5, 5.41) is 0. The lowest BCUT2D eigenvalue weighted by Gasteiger charge is -2.31. The van der Waals surface area contributed by atoms with Crippen molar-refractivity contribution in [2.45, 2.75) is 37.8 Å². The van der Waals surface area contributed by atoms with E-state index in [2.05, 4.69) is 31.9 Å². The van der Waals surface area contributed by atoms with Crippen LogP contribution in [-0.4, -0.2) is 29.0 Å². The number of nitrogens with zero attached hydrogens (tertiary/aromatic N) is 2. The molecule has 98 valence electrons. The Hall–Kier alpha value is -0.450. The van der Waals surface area contributed by atoms with Gasteiger partial charge in [0.25, 0.3) is 0 Å². The fourth-order valence-electron chi connectivity index (χ4n) is 2.61. The standard InChI is InChI=1S/C14H20BrN3/c15-12-5-11(7-17-8-12)14(6-16)18(13-3-4-13)9-10-1-2-10/h5,7-8,10,13-14H,1-4,6,9,16H2. The first kappa shape index (κ1) is 12.6. The molecule has 2 N–H and O–H groups in total. The van der Waals surface area contributed by atoms with Crippen molar-refractivity contribution in [3.63, 3.8) is 0 Å². The minimum absolute atomic E-state index is 0.336. The predicted octanol–water partition coefficient (Wildman–Crippen LogP) is 2.72. The molecular formula is C14H20BrN3. The van der Waals surface area contributed by atoms with E-state index >= 15 is 0 Å². The molecule has 1 aromatic rings. The third kappa shape index (κ3) is 2.92. The summed E-state index contributed by atoms with van der Waals surface area (Å²) >= 11 is 3.50. The van der Waals surface area contributed by atoms with E-state index < -0.39 is 0 Å². The minimum Gasteiger partial charge on any atom is -0.329 e. The van der Waals surface area contributed by atoms with E-state index in [1.165, 1.54) is 37.8 Å². The van der Waals surface area contributed by atoms with Gasteiger partial charge in [-0.1, -0.05) is 0 Å². The van der Waals surface area contributed by atoms with Crippen molar-refractivity contribution in [1.82, 2.24) is 9.88 Å². The first-order valence-electron chi connectivity index (χ1n) is 6.84. The lowest BCUT2D eigenvalue weighted by molar-refractivity contribution is 0.182. The largest absolute Gasteiger partial charge is 0.329 e. The maximum absolute atomic E-state index is 6.03. The van der Waals surface area contributed by atoms with Crippen LogP contribution >= 0.6 is 15.9 Å². The van der Waals surface area contributed by atoms with Crippen molar-refractivity contribution in [2.24, 2.45) is 11.7 Å². The summed E-state index contributed by atoms with van der Waals surface area (Å²) in [6.45, 7) is 1.90. The highest BCUT2D eigenvalue weighted by atomic mass is 79.9. The molecule has 0 bridgehead atoms. The Labute approximate surface area is 117 Å². The summed E-state index contributed by atoms with van der Waals surface area (Å²) in [6, 6.07) is 3.26. The van der Waals surface area contributed by atoms with E-state index in [4.69, 9.17) is 5.73 Å². The van der Waals surface area contributed by atoms with E-state index in [-0.39, 0.29) is 0 Å². The van der Waals surface area contributed by atoms with Crippen LogP contribution in [0.15, 0.2) is 22.9 Å². The molecule has 2 fully saturated rings. The molecule has 2 saturated carbocycles. The third-order valence-electron chi connectivity index (χ3n) is 3.92. The Bertz CT molecular complexity index is 415. The van der Waals surface area contributed by atoms with Gasteiger partial charge in [0.1, 0.15) is 0 Å².